The summed E-state index contributed by atoms with van der Waals surface area (Å²) in [7, 11) is 0. The van der Waals surface area contributed by atoms with Crippen molar-refractivity contribution in [2.45, 2.75) is 19.3 Å². The minimum Gasteiger partial charge on any atom is -0.481 e. The molecule has 0 aliphatic carbocycles. The van der Waals surface area contributed by atoms with Crippen LogP contribution >= 0.6 is 27.3 Å². The van der Waals surface area contributed by atoms with Crippen molar-refractivity contribution >= 4 is 39.1 Å². The molecule has 0 radical (unpaired) electrons. The average molecular weight is 332 g/mol. The second-order valence-electron chi connectivity index (χ2n) is 4.46. The van der Waals surface area contributed by atoms with Gasteiger partial charge in [-0.25, -0.2) is 0 Å². The summed E-state index contributed by atoms with van der Waals surface area (Å²) in [5.74, 6) is -0.683. The monoisotopic (exact) mass is 331 g/mol. The van der Waals surface area contributed by atoms with Crippen molar-refractivity contribution in [3.05, 3.63) is 20.8 Å². The van der Waals surface area contributed by atoms with E-state index in [2.05, 4.69) is 15.9 Å². The number of carbonyl (C=O) groups excluding carboxylic acids is 1. The van der Waals surface area contributed by atoms with Crippen molar-refractivity contribution in [1.82, 2.24) is 4.90 Å². The summed E-state index contributed by atoms with van der Waals surface area (Å²) in [6.07, 6.45) is 1.93. The maximum absolute atomic E-state index is 12.2. The highest BCUT2D eigenvalue weighted by Crippen LogP contribution is 2.26. The summed E-state index contributed by atoms with van der Waals surface area (Å²) in [6.45, 7) is 1.28. The van der Waals surface area contributed by atoms with Crippen molar-refractivity contribution in [3.63, 3.8) is 0 Å². The van der Waals surface area contributed by atoms with E-state index in [1.807, 2.05) is 6.07 Å². The summed E-state index contributed by atoms with van der Waals surface area (Å²) in [4.78, 5) is 25.4. The van der Waals surface area contributed by atoms with Crippen molar-refractivity contribution in [1.29, 1.82) is 0 Å². The highest BCUT2D eigenvalue weighted by molar-refractivity contribution is 9.11. The van der Waals surface area contributed by atoms with Gasteiger partial charge in [-0.2, -0.15) is 0 Å². The van der Waals surface area contributed by atoms with E-state index in [4.69, 9.17) is 5.11 Å². The number of amides is 1. The van der Waals surface area contributed by atoms with E-state index in [0.29, 0.717) is 11.4 Å². The van der Waals surface area contributed by atoms with E-state index in [1.165, 1.54) is 11.3 Å². The van der Waals surface area contributed by atoms with Gasteiger partial charge in [-0.15, -0.1) is 11.3 Å². The van der Waals surface area contributed by atoms with Gasteiger partial charge in [0.25, 0.3) is 5.91 Å². The van der Waals surface area contributed by atoms with Gasteiger partial charge in [0.05, 0.1) is 8.66 Å². The van der Waals surface area contributed by atoms with Crippen LogP contribution in [0.4, 0.5) is 0 Å². The molecule has 0 spiro atoms. The van der Waals surface area contributed by atoms with Gasteiger partial charge in [-0.05, 0) is 46.8 Å². The molecule has 1 N–H and O–H groups in total. The quantitative estimate of drug-likeness (QED) is 0.926. The van der Waals surface area contributed by atoms with Crippen LogP contribution in [0.15, 0.2) is 15.9 Å². The van der Waals surface area contributed by atoms with Gasteiger partial charge in [-0.3, -0.25) is 9.59 Å². The Bertz CT molecular complexity index is 460. The second kappa shape index (κ2) is 5.84. The maximum atomic E-state index is 12.2. The summed E-state index contributed by atoms with van der Waals surface area (Å²) in [5, 5.41) is 8.80. The molecule has 1 aliphatic rings. The molecule has 1 aliphatic heterocycles. The molecule has 2 heterocycles. The zero-order chi connectivity index (χ0) is 13.1. The second-order valence-corrected chi connectivity index (χ2v) is 6.92. The van der Waals surface area contributed by atoms with Crippen molar-refractivity contribution in [3.8, 4) is 0 Å². The molecule has 1 amide bonds. The molecule has 0 bridgehead atoms. The molecule has 6 heteroatoms. The van der Waals surface area contributed by atoms with Gasteiger partial charge >= 0.3 is 5.97 Å². The number of carboxylic acid groups (broad SMARTS) is 1. The van der Waals surface area contributed by atoms with Crippen molar-refractivity contribution in [2.24, 2.45) is 5.92 Å². The standard InChI is InChI=1S/C12H14BrNO3S/c13-10-4-3-9(18-10)12(17)14-5-1-2-8(7-14)6-11(15)16/h3-4,8H,1-2,5-7H2,(H,15,16). The fraction of sp³-hybridized carbons (Fsp3) is 0.500. The molecule has 4 nitrogen and oxygen atoms in total. The lowest BCUT2D eigenvalue weighted by atomic mass is 9.95. The maximum Gasteiger partial charge on any atom is 0.303 e. The SMILES string of the molecule is O=C(O)CC1CCCN(C(=O)c2ccc(Br)s2)C1. The molecule has 1 aromatic rings. The molecule has 18 heavy (non-hydrogen) atoms. The first-order valence-electron chi connectivity index (χ1n) is 5.82. The predicted molar refractivity (Wildman–Crippen MR) is 72.9 cm³/mol. The summed E-state index contributed by atoms with van der Waals surface area (Å²) in [5.41, 5.74) is 0. The summed E-state index contributed by atoms with van der Waals surface area (Å²) >= 11 is 4.75. The van der Waals surface area contributed by atoms with Gasteiger partial charge < -0.3 is 10.0 Å². The molecule has 2 rings (SSSR count). The van der Waals surface area contributed by atoms with Crippen LogP contribution < -0.4 is 0 Å². The molecule has 1 saturated heterocycles. The number of nitrogens with zero attached hydrogens (tertiary/aromatic N) is 1. The Kier molecular flexibility index (Phi) is 4.40. The van der Waals surface area contributed by atoms with E-state index in [0.717, 1.165) is 23.2 Å². The smallest absolute Gasteiger partial charge is 0.303 e. The highest BCUT2D eigenvalue weighted by atomic mass is 79.9. The minimum atomic E-state index is -0.784. The Labute approximate surface area is 118 Å². The van der Waals surface area contributed by atoms with Crippen LogP contribution in [0.25, 0.3) is 0 Å². The zero-order valence-corrected chi connectivity index (χ0v) is 12.2. The van der Waals surface area contributed by atoms with Crippen LogP contribution in [0.5, 0.6) is 0 Å². The number of likely N-dealkylation sites (tertiary alicyclic amines) is 1. The summed E-state index contributed by atoms with van der Waals surface area (Å²) in [6, 6.07) is 3.66. The number of aliphatic carboxylic acids is 1. The van der Waals surface area contributed by atoms with Crippen LogP contribution in [-0.2, 0) is 4.79 Å². The molecule has 1 atom stereocenters. The van der Waals surface area contributed by atoms with Gasteiger partial charge in [-0.1, -0.05) is 0 Å². The van der Waals surface area contributed by atoms with Crippen molar-refractivity contribution < 1.29 is 14.7 Å². The molecule has 1 aromatic heterocycles. The molecule has 0 aromatic carbocycles. The fourth-order valence-electron chi connectivity index (χ4n) is 2.25. The highest BCUT2D eigenvalue weighted by Gasteiger charge is 2.26. The number of carboxylic acids is 1. The van der Waals surface area contributed by atoms with E-state index in [9.17, 15) is 9.59 Å². The largest absolute Gasteiger partial charge is 0.481 e. The Morgan fingerprint density at radius 1 is 1.50 bits per heavy atom. The van der Waals surface area contributed by atoms with E-state index < -0.39 is 5.97 Å². The number of hydrogen-bond acceptors (Lipinski definition) is 3. The normalized spacial score (nSPS) is 19.8. The lowest BCUT2D eigenvalue weighted by Gasteiger charge is -2.31. The molecule has 1 fully saturated rings. The summed E-state index contributed by atoms with van der Waals surface area (Å²) < 4.78 is 0.935. The topological polar surface area (TPSA) is 57.6 Å². The van der Waals surface area contributed by atoms with E-state index in [1.54, 1.807) is 11.0 Å². The van der Waals surface area contributed by atoms with Gasteiger partial charge in [0, 0.05) is 19.5 Å². The fourth-order valence-corrected chi connectivity index (χ4v) is 3.60. The van der Waals surface area contributed by atoms with Crippen LogP contribution in [0.3, 0.4) is 0 Å². The van der Waals surface area contributed by atoms with Gasteiger partial charge in [0.1, 0.15) is 0 Å². The third kappa shape index (κ3) is 3.32. The van der Waals surface area contributed by atoms with Crippen LogP contribution in [0.1, 0.15) is 28.9 Å². The number of halogens is 1. The number of hydrogen-bond donors (Lipinski definition) is 1. The Balaban J connectivity index is 2.00. The number of thiophene rings is 1. The Morgan fingerprint density at radius 2 is 2.28 bits per heavy atom. The predicted octanol–water partition coefficient (Wildman–Crippen LogP) is 2.84. The van der Waals surface area contributed by atoms with Gasteiger partial charge in [0.15, 0.2) is 0 Å². The van der Waals surface area contributed by atoms with E-state index in [-0.39, 0.29) is 18.2 Å². The number of rotatable bonds is 3. The van der Waals surface area contributed by atoms with Crippen LogP contribution in [0.2, 0.25) is 0 Å². The molecule has 1 unspecified atom stereocenters. The zero-order valence-electron chi connectivity index (χ0n) is 9.76. The third-order valence-electron chi connectivity index (χ3n) is 3.05. The first kappa shape index (κ1) is 13.5. The van der Waals surface area contributed by atoms with Gasteiger partial charge in [0.2, 0.25) is 0 Å². The lowest BCUT2D eigenvalue weighted by molar-refractivity contribution is -0.138. The first-order chi connectivity index (χ1) is 8.56. The average Bonchev–Trinajstić information content (AvgIpc) is 2.74. The van der Waals surface area contributed by atoms with E-state index >= 15 is 0 Å². The molecular formula is C12H14BrNO3S. The van der Waals surface area contributed by atoms with Crippen molar-refractivity contribution in [2.75, 3.05) is 13.1 Å². The van der Waals surface area contributed by atoms with Crippen LogP contribution in [-0.4, -0.2) is 35.0 Å². The number of piperidine rings is 1. The first-order valence-corrected chi connectivity index (χ1v) is 7.43. The minimum absolute atomic E-state index is 0.0146. The van der Waals surface area contributed by atoms with Crippen LogP contribution in [0, 0.1) is 5.92 Å². The third-order valence-corrected chi connectivity index (χ3v) is 4.67. The number of carbonyl (C=O) groups is 2. The molecular weight excluding hydrogens is 318 g/mol. The lowest BCUT2D eigenvalue weighted by Crippen LogP contribution is -2.40. The molecule has 98 valence electrons. The molecule has 0 saturated carbocycles. The Hall–Kier alpha value is -0.880. The Morgan fingerprint density at radius 3 is 2.89 bits per heavy atom.